The zero-order valence-electron chi connectivity index (χ0n) is 16.5. The molecule has 1 N–H and O–H groups in total. The van der Waals surface area contributed by atoms with Crippen LogP contribution in [-0.2, 0) is 11.2 Å². The number of hydrogen-bond donors (Lipinski definition) is 1. The highest BCUT2D eigenvalue weighted by Gasteiger charge is 2.20. The standard InChI is InChI=1S/C25H18O5/c1-13-18-10-20-21(17-8-7-15-5-3-4-6-16(15)9-17)12-29-23(20)14(2)24(18)30-25(28)19(13)11-22(26)27/h3-10,12H,11H2,1-2H3,(H,26,27). The monoisotopic (exact) mass is 398 g/mol. The Labute approximate surface area is 171 Å². The van der Waals surface area contributed by atoms with E-state index in [0.29, 0.717) is 16.7 Å². The van der Waals surface area contributed by atoms with Gasteiger partial charge in [-0.3, -0.25) is 4.79 Å². The predicted octanol–water partition coefficient (Wildman–Crippen LogP) is 5.60. The van der Waals surface area contributed by atoms with E-state index in [1.165, 1.54) is 0 Å². The molecule has 5 nitrogen and oxygen atoms in total. The molecular weight excluding hydrogens is 380 g/mol. The van der Waals surface area contributed by atoms with Crippen molar-refractivity contribution in [3.63, 3.8) is 0 Å². The molecule has 0 radical (unpaired) electrons. The topological polar surface area (TPSA) is 80.6 Å². The number of rotatable bonds is 3. The minimum Gasteiger partial charge on any atom is -0.481 e. The lowest BCUT2D eigenvalue weighted by Crippen LogP contribution is -2.15. The maximum Gasteiger partial charge on any atom is 0.340 e. The summed E-state index contributed by atoms with van der Waals surface area (Å²) < 4.78 is 11.4. The normalized spacial score (nSPS) is 11.5. The molecule has 0 saturated carbocycles. The zero-order chi connectivity index (χ0) is 21.0. The van der Waals surface area contributed by atoms with Gasteiger partial charge in [0.25, 0.3) is 0 Å². The fourth-order valence-electron chi connectivity index (χ4n) is 4.13. The van der Waals surface area contributed by atoms with Gasteiger partial charge in [0.15, 0.2) is 0 Å². The highest BCUT2D eigenvalue weighted by molar-refractivity contribution is 6.05. The van der Waals surface area contributed by atoms with Crippen molar-refractivity contribution in [3.8, 4) is 11.1 Å². The van der Waals surface area contributed by atoms with Crippen LogP contribution in [0.5, 0.6) is 0 Å². The second kappa shape index (κ2) is 6.59. The summed E-state index contributed by atoms with van der Waals surface area (Å²) in [4.78, 5) is 23.6. The molecule has 5 aromatic rings. The third-order valence-electron chi connectivity index (χ3n) is 5.73. The molecule has 2 heterocycles. The van der Waals surface area contributed by atoms with Gasteiger partial charge in [0.2, 0.25) is 0 Å². The van der Waals surface area contributed by atoms with E-state index in [0.717, 1.165) is 38.2 Å². The lowest BCUT2D eigenvalue weighted by molar-refractivity contribution is -0.136. The summed E-state index contributed by atoms with van der Waals surface area (Å²) in [6.07, 6.45) is 1.34. The number of carbonyl (C=O) groups is 1. The Hall–Kier alpha value is -3.86. The molecule has 0 spiro atoms. The summed E-state index contributed by atoms with van der Waals surface area (Å²) >= 11 is 0. The molecule has 0 fully saturated rings. The average molecular weight is 398 g/mol. The van der Waals surface area contributed by atoms with Crippen LogP contribution in [0.15, 0.2) is 68.4 Å². The van der Waals surface area contributed by atoms with Gasteiger partial charge < -0.3 is 13.9 Å². The summed E-state index contributed by atoms with van der Waals surface area (Å²) in [5, 5.41) is 13.1. The Balaban J connectivity index is 1.80. The molecule has 0 aliphatic heterocycles. The number of hydrogen-bond acceptors (Lipinski definition) is 4. The van der Waals surface area contributed by atoms with Crippen molar-refractivity contribution in [3.05, 3.63) is 81.9 Å². The van der Waals surface area contributed by atoms with Gasteiger partial charge >= 0.3 is 11.6 Å². The number of aliphatic carboxylic acids is 1. The number of carboxylic acid groups (broad SMARTS) is 1. The molecule has 0 aliphatic carbocycles. The van der Waals surface area contributed by atoms with Crippen molar-refractivity contribution >= 4 is 38.7 Å². The van der Waals surface area contributed by atoms with Crippen molar-refractivity contribution in [2.75, 3.05) is 0 Å². The summed E-state index contributed by atoms with van der Waals surface area (Å²) in [7, 11) is 0. The Kier molecular flexibility index (Phi) is 4.00. The van der Waals surface area contributed by atoms with E-state index in [-0.39, 0.29) is 12.0 Å². The van der Waals surface area contributed by atoms with E-state index in [1.807, 2.05) is 25.1 Å². The molecule has 2 aromatic heterocycles. The summed E-state index contributed by atoms with van der Waals surface area (Å²) in [5.41, 5.74) is 3.93. The largest absolute Gasteiger partial charge is 0.481 e. The molecule has 3 aromatic carbocycles. The van der Waals surface area contributed by atoms with Gasteiger partial charge in [-0.1, -0.05) is 36.4 Å². The van der Waals surface area contributed by atoms with Gasteiger partial charge in [0, 0.05) is 21.9 Å². The lowest BCUT2D eigenvalue weighted by Gasteiger charge is -2.09. The first-order valence-electron chi connectivity index (χ1n) is 9.62. The first-order chi connectivity index (χ1) is 14.4. The Morgan fingerprint density at radius 3 is 2.47 bits per heavy atom. The number of aryl methyl sites for hydroxylation is 2. The molecule has 0 amide bonds. The van der Waals surface area contributed by atoms with Crippen LogP contribution < -0.4 is 5.63 Å². The highest BCUT2D eigenvalue weighted by Crippen LogP contribution is 2.38. The van der Waals surface area contributed by atoms with Crippen LogP contribution >= 0.6 is 0 Å². The maximum absolute atomic E-state index is 12.4. The van der Waals surface area contributed by atoms with Gasteiger partial charge in [0.05, 0.1) is 18.2 Å². The quantitative estimate of drug-likeness (QED) is 0.400. The van der Waals surface area contributed by atoms with Crippen molar-refractivity contribution in [2.45, 2.75) is 20.3 Å². The average Bonchev–Trinajstić information content (AvgIpc) is 3.16. The Morgan fingerprint density at radius 1 is 0.933 bits per heavy atom. The SMILES string of the molecule is Cc1c(CC(=O)O)c(=O)oc2c(C)c3occ(-c4ccc5ccccc5c4)c3cc12. The second-order valence-corrected chi connectivity index (χ2v) is 7.53. The van der Waals surface area contributed by atoms with Gasteiger partial charge in [-0.2, -0.15) is 0 Å². The first-order valence-corrected chi connectivity index (χ1v) is 9.62. The molecule has 0 unspecified atom stereocenters. The van der Waals surface area contributed by atoms with Crippen molar-refractivity contribution < 1.29 is 18.7 Å². The highest BCUT2D eigenvalue weighted by atomic mass is 16.4. The second-order valence-electron chi connectivity index (χ2n) is 7.53. The smallest absolute Gasteiger partial charge is 0.340 e. The number of fused-ring (bicyclic) bond motifs is 3. The van der Waals surface area contributed by atoms with Crippen LogP contribution in [0.4, 0.5) is 0 Å². The Bertz CT molecular complexity index is 1530. The summed E-state index contributed by atoms with van der Waals surface area (Å²) in [6.45, 7) is 3.61. The van der Waals surface area contributed by atoms with Crippen molar-refractivity contribution in [2.24, 2.45) is 0 Å². The summed E-state index contributed by atoms with van der Waals surface area (Å²) in [5.74, 6) is -1.07. The Morgan fingerprint density at radius 2 is 1.70 bits per heavy atom. The van der Waals surface area contributed by atoms with E-state index >= 15 is 0 Å². The fourth-order valence-corrected chi connectivity index (χ4v) is 4.13. The van der Waals surface area contributed by atoms with Crippen LogP contribution in [-0.4, -0.2) is 11.1 Å². The van der Waals surface area contributed by atoms with Crippen LogP contribution in [0, 0.1) is 13.8 Å². The zero-order valence-corrected chi connectivity index (χ0v) is 16.5. The third kappa shape index (κ3) is 2.70. The molecule has 0 atom stereocenters. The van der Waals surface area contributed by atoms with E-state index in [9.17, 15) is 9.59 Å². The van der Waals surface area contributed by atoms with E-state index in [2.05, 4.69) is 30.3 Å². The molecule has 0 aliphatic rings. The van der Waals surface area contributed by atoms with Gasteiger partial charge in [-0.05, 0) is 47.9 Å². The van der Waals surface area contributed by atoms with Crippen LogP contribution in [0.3, 0.4) is 0 Å². The minimum absolute atomic E-state index is 0.171. The van der Waals surface area contributed by atoms with E-state index in [1.54, 1.807) is 13.2 Å². The minimum atomic E-state index is -1.07. The van der Waals surface area contributed by atoms with Crippen molar-refractivity contribution in [1.29, 1.82) is 0 Å². The molecule has 0 bridgehead atoms. The van der Waals surface area contributed by atoms with E-state index < -0.39 is 11.6 Å². The van der Waals surface area contributed by atoms with Crippen LogP contribution in [0.25, 0.3) is 43.8 Å². The first kappa shape index (κ1) is 18.2. The molecule has 30 heavy (non-hydrogen) atoms. The predicted molar refractivity (Wildman–Crippen MR) is 116 cm³/mol. The molecular formula is C25H18O5. The van der Waals surface area contributed by atoms with Gasteiger partial charge in [-0.25, -0.2) is 4.79 Å². The van der Waals surface area contributed by atoms with Crippen LogP contribution in [0.1, 0.15) is 16.7 Å². The maximum atomic E-state index is 12.4. The summed E-state index contributed by atoms with van der Waals surface area (Å²) in [6, 6.07) is 16.3. The molecule has 5 rings (SSSR count). The van der Waals surface area contributed by atoms with Crippen LogP contribution in [0.2, 0.25) is 0 Å². The number of benzene rings is 3. The number of furan rings is 1. The van der Waals surface area contributed by atoms with E-state index in [4.69, 9.17) is 13.9 Å². The van der Waals surface area contributed by atoms with Crippen molar-refractivity contribution in [1.82, 2.24) is 0 Å². The lowest BCUT2D eigenvalue weighted by atomic mass is 9.96. The fraction of sp³-hybridized carbons (Fsp3) is 0.120. The third-order valence-corrected chi connectivity index (χ3v) is 5.73. The number of carboxylic acids is 1. The molecule has 0 saturated heterocycles. The van der Waals surface area contributed by atoms with Gasteiger partial charge in [-0.15, -0.1) is 0 Å². The molecule has 5 heteroatoms. The molecule has 148 valence electrons. The van der Waals surface area contributed by atoms with Gasteiger partial charge in [0.1, 0.15) is 11.2 Å².